The molecule has 2 heterocycles. The van der Waals surface area contributed by atoms with E-state index >= 15 is 0 Å². The maximum Gasteiger partial charge on any atom is 0.411 e. The van der Waals surface area contributed by atoms with Gasteiger partial charge in [0.15, 0.2) is 0 Å². The monoisotopic (exact) mass is 590 g/mol. The van der Waals surface area contributed by atoms with Crippen molar-refractivity contribution in [1.82, 2.24) is 20.1 Å². The Balaban J connectivity index is 1.56. The molecule has 9 nitrogen and oxygen atoms in total. The van der Waals surface area contributed by atoms with Crippen molar-refractivity contribution in [2.75, 3.05) is 13.1 Å². The molecule has 1 aromatic heterocycles. The van der Waals surface area contributed by atoms with Crippen LogP contribution in [-0.2, 0) is 33.9 Å². The highest BCUT2D eigenvalue weighted by molar-refractivity contribution is 5.87. The first kappa shape index (κ1) is 31.5. The lowest BCUT2D eigenvalue weighted by Crippen LogP contribution is -2.60. The molecule has 2 aromatic carbocycles. The van der Waals surface area contributed by atoms with E-state index in [0.29, 0.717) is 30.1 Å². The van der Waals surface area contributed by atoms with Crippen molar-refractivity contribution in [3.05, 3.63) is 95.6 Å². The van der Waals surface area contributed by atoms with Crippen LogP contribution in [0.15, 0.2) is 72.9 Å². The topological polar surface area (TPSA) is 101 Å². The Hall–Kier alpha value is -4.47. The third kappa shape index (κ3) is 9.52. The summed E-state index contributed by atoms with van der Waals surface area (Å²) in [6.07, 6.45) is 1.38. The van der Waals surface area contributed by atoms with Crippen LogP contribution >= 0.6 is 0 Å². The third-order valence-corrected chi connectivity index (χ3v) is 6.87. The number of halogens is 1. The molecule has 228 valence electrons. The summed E-state index contributed by atoms with van der Waals surface area (Å²) in [4.78, 5) is 46.8. The van der Waals surface area contributed by atoms with Gasteiger partial charge in [-0.1, -0.05) is 36.4 Å². The second-order valence-corrected chi connectivity index (χ2v) is 11.7. The Morgan fingerprint density at radius 1 is 1.05 bits per heavy atom. The van der Waals surface area contributed by atoms with Gasteiger partial charge in [-0.25, -0.2) is 9.18 Å². The zero-order chi connectivity index (χ0) is 31.0. The number of nitrogens with one attached hydrogen (secondary N) is 1. The zero-order valence-corrected chi connectivity index (χ0v) is 25.1. The van der Waals surface area contributed by atoms with Crippen molar-refractivity contribution >= 4 is 17.9 Å². The van der Waals surface area contributed by atoms with Crippen LogP contribution in [-0.4, -0.2) is 63.5 Å². The van der Waals surface area contributed by atoms with Gasteiger partial charge in [0, 0.05) is 44.9 Å². The molecule has 0 saturated carbocycles. The fourth-order valence-corrected chi connectivity index (χ4v) is 5.06. The normalized spacial score (nSPS) is 16.0. The number of hydrogen-bond donors (Lipinski definition) is 1. The molecule has 0 radical (unpaired) electrons. The van der Waals surface area contributed by atoms with Gasteiger partial charge in [-0.15, -0.1) is 0 Å². The van der Waals surface area contributed by atoms with E-state index in [2.05, 4.69) is 10.3 Å². The molecule has 3 aromatic rings. The lowest BCUT2D eigenvalue weighted by atomic mass is 9.96. The first-order chi connectivity index (χ1) is 20.5. The van der Waals surface area contributed by atoms with Crippen molar-refractivity contribution < 1.29 is 28.2 Å². The number of hydrogen-bond acceptors (Lipinski definition) is 6. The number of piperazine rings is 1. The number of pyridine rings is 1. The van der Waals surface area contributed by atoms with E-state index in [9.17, 15) is 18.8 Å². The maximum atomic E-state index is 14.7. The minimum Gasteiger partial charge on any atom is -0.487 e. The minimum atomic E-state index is -0.891. The first-order valence-electron chi connectivity index (χ1n) is 14.4. The van der Waals surface area contributed by atoms with Gasteiger partial charge >= 0.3 is 6.09 Å². The molecule has 0 aliphatic carbocycles. The molecule has 4 rings (SSSR count). The second-order valence-electron chi connectivity index (χ2n) is 11.7. The Morgan fingerprint density at radius 3 is 2.47 bits per heavy atom. The van der Waals surface area contributed by atoms with Crippen molar-refractivity contribution in [1.29, 1.82) is 0 Å². The van der Waals surface area contributed by atoms with Crippen molar-refractivity contribution in [3.8, 4) is 5.75 Å². The molecule has 0 spiro atoms. The first-order valence-corrected chi connectivity index (χ1v) is 14.4. The van der Waals surface area contributed by atoms with Gasteiger partial charge in [0.1, 0.15) is 29.8 Å². The molecule has 1 aliphatic rings. The summed E-state index contributed by atoms with van der Waals surface area (Å²) in [5, 5.41) is 2.90. The van der Waals surface area contributed by atoms with E-state index in [1.807, 2.05) is 42.5 Å². The lowest BCUT2D eigenvalue weighted by Gasteiger charge is -2.42. The van der Waals surface area contributed by atoms with Crippen molar-refractivity contribution in [3.63, 3.8) is 0 Å². The van der Waals surface area contributed by atoms with Gasteiger partial charge in [-0.2, -0.15) is 0 Å². The molecule has 1 aliphatic heterocycles. The molecule has 1 N–H and O–H groups in total. The largest absolute Gasteiger partial charge is 0.487 e. The van der Waals surface area contributed by atoms with Gasteiger partial charge in [-0.3, -0.25) is 19.5 Å². The summed E-state index contributed by atoms with van der Waals surface area (Å²) < 4.78 is 26.1. The number of ether oxygens (including phenoxy) is 2. The molecule has 1 saturated heterocycles. The van der Waals surface area contributed by atoms with Gasteiger partial charge in [0.2, 0.25) is 11.8 Å². The number of carbonyl (C=O) groups excluding carboxylic acids is 3. The number of carbonyl (C=O) groups is 3. The number of nitrogens with zero attached hydrogens (tertiary/aromatic N) is 3. The average Bonchev–Trinajstić information content (AvgIpc) is 2.93. The Bertz CT molecular complexity index is 1400. The number of amides is 3. The molecule has 3 amide bonds. The van der Waals surface area contributed by atoms with E-state index in [1.54, 1.807) is 44.0 Å². The van der Waals surface area contributed by atoms with Crippen LogP contribution in [0.2, 0.25) is 0 Å². The van der Waals surface area contributed by atoms with Gasteiger partial charge < -0.3 is 19.7 Å². The SMILES string of the molecule is CC(=O)N[C@@H](Cc1cc(F)cc(OCc2ccccn2)c1)C[C@H]1C(=O)N(Cc2ccccc2)CCN1C(=O)OC(C)(C)C. The number of benzene rings is 2. The van der Waals surface area contributed by atoms with E-state index in [4.69, 9.17) is 9.47 Å². The standard InChI is InChI=1S/C33H39FN4O5/c1-23(39)36-28(17-25-16-26(34)19-29(18-25)42-22-27-12-8-9-13-35-27)20-30-31(40)37(21-24-10-6-5-7-11-24)14-15-38(30)32(41)43-33(2,3)4/h5-13,16,18-19,28,30H,14-15,17,20-22H2,1-4H3,(H,36,39)/t28-,30-/m0/s1. The zero-order valence-electron chi connectivity index (χ0n) is 25.1. The molecule has 1 fully saturated rings. The van der Waals surface area contributed by atoms with E-state index in [0.717, 1.165) is 5.56 Å². The van der Waals surface area contributed by atoms with Gasteiger partial charge in [0.25, 0.3) is 0 Å². The lowest BCUT2D eigenvalue weighted by molar-refractivity contribution is -0.143. The van der Waals surface area contributed by atoms with Crippen LogP contribution in [0, 0.1) is 5.82 Å². The van der Waals surface area contributed by atoms with Crippen LogP contribution in [0.25, 0.3) is 0 Å². The van der Waals surface area contributed by atoms with Gasteiger partial charge in [0.05, 0.1) is 5.69 Å². The number of rotatable bonds is 10. The van der Waals surface area contributed by atoms with Crippen LogP contribution in [0.5, 0.6) is 5.75 Å². The molecule has 0 bridgehead atoms. The predicted molar refractivity (Wildman–Crippen MR) is 159 cm³/mol. The smallest absolute Gasteiger partial charge is 0.411 e. The molecular formula is C33H39FN4O5. The number of aromatic nitrogens is 1. The summed E-state index contributed by atoms with van der Waals surface area (Å²) in [6.45, 7) is 7.87. The second kappa shape index (κ2) is 14.1. The van der Waals surface area contributed by atoms with Crippen LogP contribution in [0.1, 0.15) is 50.9 Å². The molecule has 2 atom stereocenters. The van der Waals surface area contributed by atoms with Gasteiger partial charge in [-0.05, 0) is 69.0 Å². The Labute approximate surface area is 252 Å². The minimum absolute atomic E-state index is 0.115. The molecule has 10 heteroatoms. The Morgan fingerprint density at radius 2 is 1.79 bits per heavy atom. The summed E-state index contributed by atoms with van der Waals surface area (Å²) >= 11 is 0. The summed E-state index contributed by atoms with van der Waals surface area (Å²) in [7, 11) is 0. The summed E-state index contributed by atoms with van der Waals surface area (Å²) in [5.74, 6) is -0.718. The van der Waals surface area contributed by atoms with E-state index in [-0.39, 0.29) is 37.8 Å². The fourth-order valence-electron chi connectivity index (χ4n) is 5.06. The van der Waals surface area contributed by atoms with Crippen LogP contribution < -0.4 is 10.1 Å². The highest BCUT2D eigenvalue weighted by Gasteiger charge is 2.40. The third-order valence-electron chi connectivity index (χ3n) is 6.87. The fraction of sp³-hybridized carbons (Fsp3) is 0.394. The predicted octanol–water partition coefficient (Wildman–Crippen LogP) is 4.89. The van der Waals surface area contributed by atoms with Crippen LogP contribution in [0.4, 0.5) is 9.18 Å². The van der Waals surface area contributed by atoms with Crippen molar-refractivity contribution in [2.24, 2.45) is 0 Å². The molecular weight excluding hydrogens is 551 g/mol. The highest BCUT2D eigenvalue weighted by atomic mass is 19.1. The average molecular weight is 591 g/mol. The van der Waals surface area contributed by atoms with E-state index in [1.165, 1.54) is 24.0 Å². The molecule has 43 heavy (non-hydrogen) atoms. The quantitative estimate of drug-likeness (QED) is 0.361. The highest BCUT2D eigenvalue weighted by Crippen LogP contribution is 2.24. The Kier molecular flexibility index (Phi) is 10.3. The van der Waals surface area contributed by atoms with Crippen molar-refractivity contribution in [2.45, 2.75) is 71.4 Å². The van der Waals surface area contributed by atoms with E-state index < -0.39 is 29.6 Å². The maximum absolute atomic E-state index is 14.7. The van der Waals surface area contributed by atoms with Crippen LogP contribution in [0.3, 0.4) is 0 Å². The molecule has 0 unspecified atom stereocenters. The summed E-state index contributed by atoms with van der Waals surface area (Å²) in [5.41, 5.74) is 1.48. The summed E-state index contributed by atoms with van der Waals surface area (Å²) in [6, 6.07) is 18.0.